The lowest BCUT2D eigenvalue weighted by atomic mass is 10.1. The molecule has 0 spiro atoms. The van der Waals surface area contributed by atoms with Gasteiger partial charge in [-0.1, -0.05) is 53.6 Å². The lowest BCUT2D eigenvalue weighted by Crippen LogP contribution is -2.30. The second-order valence-electron chi connectivity index (χ2n) is 5.89. The Morgan fingerprint density at radius 1 is 1.04 bits per heavy atom. The first-order valence-electron chi connectivity index (χ1n) is 8.21. The number of halogens is 1. The highest BCUT2D eigenvalue weighted by molar-refractivity contribution is 6.33. The summed E-state index contributed by atoms with van der Waals surface area (Å²) in [7, 11) is 0. The zero-order chi connectivity index (χ0) is 19.1. The van der Waals surface area contributed by atoms with Gasteiger partial charge >= 0.3 is 5.97 Å². The number of para-hydroxylation sites is 1. The van der Waals surface area contributed by atoms with Crippen molar-refractivity contribution in [1.29, 1.82) is 0 Å². The predicted octanol–water partition coefficient (Wildman–Crippen LogP) is 4.18. The van der Waals surface area contributed by atoms with Crippen molar-refractivity contribution in [3.05, 3.63) is 64.7 Å². The Labute approximate surface area is 157 Å². The molecule has 0 aliphatic carbocycles. The van der Waals surface area contributed by atoms with E-state index in [2.05, 4.69) is 5.32 Å². The van der Waals surface area contributed by atoms with Crippen molar-refractivity contribution in [2.45, 2.75) is 32.8 Å². The largest absolute Gasteiger partial charge is 0.453 e. The average Bonchev–Trinajstić information content (AvgIpc) is 2.62. The molecule has 1 N–H and O–H groups in total. The van der Waals surface area contributed by atoms with Crippen LogP contribution in [0.15, 0.2) is 48.5 Å². The van der Waals surface area contributed by atoms with Crippen LogP contribution in [0.4, 0.5) is 5.69 Å². The summed E-state index contributed by atoms with van der Waals surface area (Å²) in [4.78, 5) is 36.0. The predicted molar refractivity (Wildman–Crippen MR) is 100 cm³/mol. The molecule has 26 heavy (non-hydrogen) atoms. The van der Waals surface area contributed by atoms with E-state index in [0.29, 0.717) is 16.3 Å². The zero-order valence-electron chi connectivity index (χ0n) is 14.6. The molecule has 136 valence electrons. The third-order valence-corrected chi connectivity index (χ3v) is 4.07. The van der Waals surface area contributed by atoms with Gasteiger partial charge in [-0.3, -0.25) is 14.4 Å². The topological polar surface area (TPSA) is 72.5 Å². The molecule has 0 heterocycles. The van der Waals surface area contributed by atoms with Crippen LogP contribution in [0.25, 0.3) is 0 Å². The maximum absolute atomic E-state index is 12.1. The van der Waals surface area contributed by atoms with Crippen molar-refractivity contribution in [3.63, 3.8) is 0 Å². The van der Waals surface area contributed by atoms with Crippen LogP contribution in [0.2, 0.25) is 5.02 Å². The summed E-state index contributed by atoms with van der Waals surface area (Å²) >= 11 is 5.97. The minimum atomic E-state index is -0.992. The normalized spacial score (nSPS) is 11.5. The van der Waals surface area contributed by atoms with Crippen LogP contribution in [-0.4, -0.2) is 23.8 Å². The summed E-state index contributed by atoms with van der Waals surface area (Å²) in [5, 5.41) is 2.99. The lowest BCUT2D eigenvalue weighted by molar-refractivity contribution is -0.153. The SMILES string of the molecule is Cc1ccc(C(=O)CCC(=O)O[C@@H](C)C(=O)Nc2ccccc2Cl)cc1. The van der Waals surface area contributed by atoms with Gasteiger partial charge in [0.2, 0.25) is 0 Å². The van der Waals surface area contributed by atoms with Gasteiger partial charge in [0.15, 0.2) is 11.9 Å². The fourth-order valence-corrected chi connectivity index (χ4v) is 2.39. The van der Waals surface area contributed by atoms with Crippen LogP contribution in [0.1, 0.15) is 35.7 Å². The molecule has 2 rings (SSSR count). The van der Waals surface area contributed by atoms with Crippen LogP contribution in [-0.2, 0) is 14.3 Å². The molecule has 5 nitrogen and oxygen atoms in total. The lowest BCUT2D eigenvalue weighted by Gasteiger charge is -2.14. The van der Waals surface area contributed by atoms with Crippen LogP contribution >= 0.6 is 11.6 Å². The van der Waals surface area contributed by atoms with Crippen molar-refractivity contribution in [1.82, 2.24) is 0 Å². The highest BCUT2D eigenvalue weighted by atomic mass is 35.5. The van der Waals surface area contributed by atoms with Crippen molar-refractivity contribution in [3.8, 4) is 0 Å². The number of anilines is 1. The first-order chi connectivity index (χ1) is 12.4. The molecule has 0 bridgehead atoms. The number of esters is 1. The molecule has 0 aromatic heterocycles. The Balaban J connectivity index is 1.81. The van der Waals surface area contributed by atoms with Crippen molar-refractivity contribution in [2.75, 3.05) is 5.32 Å². The van der Waals surface area contributed by atoms with Gasteiger partial charge < -0.3 is 10.1 Å². The number of nitrogens with one attached hydrogen (secondary N) is 1. The molecule has 0 unspecified atom stereocenters. The van der Waals surface area contributed by atoms with Crippen LogP contribution < -0.4 is 5.32 Å². The van der Waals surface area contributed by atoms with E-state index >= 15 is 0 Å². The van der Waals surface area contributed by atoms with Gasteiger partial charge in [-0.15, -0.1) is 0 Å². The second kappa shape index (κ2) is 9.15. The van der Waals surface area contributed by atoms with Gasteiger partial charge in [0.25, 0.3) is 5.91 Å². The monoisotopic (exact) mass is 373 g/mol. The first-order valence-corrected chi connectivity index (χ1v) is 8.59. The number of Topliss-reactive ketones (excluding diaryl/α,β-unsaturated/α-hetero) is 1. The first kappa shape index (κ1) is 19.7. The number of carbonyl (C=O) groups is 3. The Bertz CT molecular complexity index is 802. The molecular weight excluding hydrogens is 354 g/mol. The quantitative estimate of drug-likeness (QED) is 0.583. The van der Waals surface area contributed by atoms with Crippen molar-refractivity contribution < 1.29 is 19.1 Å². The number of rotatable bonds is 7. The molecule has 1 amide bonds. The minimum absolute atomic E-state index is 0.0285. The molecule has 2 aromatic carbocycles. The van der Waals surface area contributed by atoms with E-state index in [1.807, 2.05) is 19.1 Å². The maximum atomic E-state index is 12.1. The molecule has 0 fully saturated rings. The summed E-state index contributed by atoms with van der Waals surface area (Å²) in [5.41, 5.74) is 2.05. The Hall–Kier alpha value is -2.66. The fourth-order valence-electron chi connectivity index (χ4n) is 2.21. The minimum Gasteiger partial charge on any atom is -0.453 e. The number of aryl methyl sites for hydroxylation is 1. The van der Waals surface area contributed by atoms with E-state index in [0.717, 1.165) is 5.56 Å². The van der Waals surface area contributed by atoms with E-state index in [1.165, 1.54) is 6.92 Å². The summed E-state index contributed by atoms with van der Waals surface area (Å²) < 4.78 is 5.08. The second-order valence-corrected chi connectivity index (χ2v) is 6.30. The highest BCUT2D eigenvalue weighted by Crippen LogP contribution is 2.20. The van der Waals surface area contributed by atoms with E-state index < -0.39 is 18.0 Å². The van der Waals surface area contributed by atoms with Gasteiger partial charge in [-0.2, -0.15) is 0 Å². The Kier molecular flexibility index (Phi) is 6.92. The van der Waals surface area contributed by atoms with E-state index in [-0.39, 0.29) is 18.6 Å². The van der Waals surface area contributed by atoms with Crippen LogP contribution in [0.5, 0.6) is 0 Å². The number of hydrogen-bond donors (Lipinski definition) is 1. The van der Waals surface area contributed by atoms with E-state index in [1.54, 1.807) is 36.4 Å². The number of ether oxygens (including phenoxy) is 1. The molecule has 0 radical (unpaired) electrons. The molecule has 2 aromatic rings. The van der Waals surface area contributed by atoms with Gasteiger partial charge in [0.05, 0.1) is 17.1 Å². The molecule has 0 aliphatic heterocycles. The molecule has 0 saturated carbocycles. The Morgan fingerprint density at radius 3 is 2.35 bits per heavy atom. The number of hydrogen-bond acceptors (Lipinski definition) is 4. The standard InChI is InChI=1S/C20H20ClNO4/c1-13-7-9-15(10-8-13)18(23)11-12-19(24)26-14(2)20(25)22-17-6-4-3-5-16(17)21/h3-10,14H,11-12H2,1-2H3,(H,22,25)/t14-/m0/s1. The van der Waals surface area contributed by atoms with Crippen molar-refractivity contribution in [2.24, 2.45) is 0 Å². The molecule has 1 atom stereocenters. The van der Waals surface area contributed by atoms with Crippen LogP contribution in [0.3, 0.4) is 0 Å². The summed E-state index contributed by atoms with van der Waals surface area (Å²) in [6.07, 6.45) is -1.05. The van der Waals surface area contributed by atoms with Crippen LogP contribution in [0, 0.1) is 6.92 Å². The van der Waals surface area contributed by atoms with Crippen molar-refractivity contribution >= 4 is 34.9 Å². The van der Waals surface area contributed by atoms with Gasteiger partial charge in [-0.25, -0.2) is 0 Å². The molecular formula is C20H20ClNO4. The molecule has 6 heteroatoms. The van der Waals surface area contributed by atoms with Gasteiger partial charge in [0, 0.05) is 12.0 Å². The van der Waals surface area contributed by atoms with Gasteiger partial charge in [0.1, 0.15) is 0 Å². The fraction of sp³-hybridized carbons (Fsp3) is 0.250. The summed E-state index contributed by atoms with van der Waals surface area (Å²) in [6.45, 7) is 3.40. The average molecular weight is 374 g/mol. The molecule has 0 aliphatic rings. The zero-order valence-corrected chi connectivity index (χ0v) is 15.4. The maximum Gasteiger partial charge on any atom is 0.307 e. The van der Waals surface area contributed by atoms with Gasteiger partial charge in [-0.05, 0) is 26.0 Å². The number of amides is 1. The number of ketones is 1. The third-order valence-electron chi connectivity index (χ3n) is 3.74. The summed E-state index contributed by atoms with van der Waals surface area (Å²) in [5.74, 6) is -1.24. The Morgan fingerprint density at radius 2 is 1.69 bits per heavy atom. The summed E-state index contributed by atoms with van der Waals surface area (Å²) in [6, 6.07) is 13.9. The van der Waals surface area contributed by atoms with E-state index in [9.17, 15) is 14.4 Å². The number of carbonyl (C=O) groups excluding carboxylic acids is 3. The highest BCUT2D eigenvalue weighted by Gasteiger charge is 2.19. The van der Waals surface area contributed by atoms with E-state index in [4.69, 9.17) is 16.3 Å². The molecule has 0 saturated heterocycles. The third kappa shape index (κ3) is 5.70. The number of benzene rings is 2. The smallest absolute Gasteiger partial charge is 0.307 e.